The Balaban J connectivity index is 2.33. The van der Waals surface area contributed by atoms with Crippen LogP contribution in [-0.2, 0) is 15.2 Å². The summed E-state index contributed by atoms with van der Waals surface area (Å²) >= 11 is 5.47. The monoisotopic (exact) mass is 318 g/mol. The molecular formula is C10H7Cl2F3O2S. The third-order valence-corrected chi connectivity index (χ3v) is 5.08. The summed E-state index contributed by atoms with van der Waals surface area (Å²) in [6.07, 6.45) is -4.32. The molecule has 0 heterocycles. The van der Waals surface area contributed by atoms with E-state index in [1.54, 1.807) is 0 Å². The number of hydrogen-bond donors (Lipinski definition) is 0. The van der Waals surface area contributed by atoms with E-state index in [-0.39, 0.29) is 6.42 Å². The summed E-state index contributed by atoms with van der Waals surface area (Å²) in [5.41, 5.74) is -0.666. The fraction of sp³-hybridized carbons (Fsp3) is 0.400. The molecule has 0 spiro atoms. The molecule has 2 atom stereocenters. The number of alkyl halides is 3. The Morgan fingerprint density at radius 1 is 1.28 bits per heavy atom. The molecule has 8 heteroatoms. The Kier molecular flexibility index (Phi) is 3.32. The third-order valence-electron chi connectivity index (χ3n) is 2.82. The first-order valence-corrected chi connectivity index (χ1v) is 7.66. The Labute approximate surface area is 111 Å². The number of hydrogen-bond acceptors (Lipinski definition) is 2. The first kappa shape index (κ1) is 14.0. The lowest BCUT2D eigenvalue weighted by Gasteiger charge is -2.10. The third kappa shape index (κ3) is 2.75. The second-order valence-electron chi connectivity index (χ2n) is 4.09. The smallest absolute Gasteiger partial charge is 0.212 e. The molecule has 18 heavy (non-hydrogen) atoms. The molecule has 0 aromatic heterocycles. The van der Waals surface area contributed by atoms with Crippen molar-refractivity contribution in [3.05, 3.63) is 34.3 Å². The van der Waals surface area contributed by atoms with Crippen LogP contribution < -0.4 is 0 Å². The fourth-order valence-corrected chi connectivity index (χ4v) is 3.63. The van der Waals surface area contributed by atoms with Crippen molar-refractivity contribution in [3.63, 3.8) is 0 Å². The average molecular weight is 319 g/mol. The zero-order valence-corrected chi connectivity index (χ0v) is 11.0. The predicted octanol–water partition coefficient (Wildman–Crippen LogP) is 3.78. The summed E-state index contributed by atoms with van der Waals surface area (Å²) in [4.78, 5) is 0. The maximum absolute atomic E-state index is 12.6. The molecule has 0 N–H and O–H groups in total. The minimum atomic E-state index is -4.56. The van der Waals surface area contributed by atoms with Gasteiger partial charge >= 0.3 is 6.18 Å². The fourth-order valence-electron chi connectivity index (χ4n) is 1.82. The highest BCUT2D eigenvalue weighted by atomic mass is 35.7. The average Bonchev–Trinajstić information content (AvgIpc) is 2.95. The van der Waals surface area contributed by atoms with Gasteiger partial charge in [0.2, 0.25) is 9.05 Å². The number of benzene rings is 1. The lowest BCUT2D eigenvalue weighted by Crippen LogP contribution is -2.07. The van der Waals surface area contributed by atoms with Crippen LogP contribution in [0.15, 0.2) is 18.2 Å². The standard InChI is InChI=1S/C10H7Cl2F3O2S/c11-8-2-1-5(3-7(8)10(13,14)15)6-4-9(6)18(12,16)17/h1-3,6,9H,4H2. The van der Waals surface area contributed by atoms with Gasteiger partial charge in [-0.05, 0) is 24.1 Å². The highest BCUT2D eigenvalue weighted by Crippen LogP contribution is 2.48. The molecule has 2 unspecified atom stereocenters. The van der Waals surface area contributed by atoms with Gasteiger partial charge in [0.05, 0.1) is 15.8 Å². The van der Waals surface area contributed by atoms with E-state index in [1.807, 2.05) is 0 Å². The summed E-state index contributed by atoms with van der Waals surface area (Å²) < 4.78 is 59.9. The maximum Gasteiger partial charge on any atom is 0.417 e. The van der Waals surface area contributed by atoms with E-state index >= 15 is 0 Å². The van der Waals surface area contributed by atoms with Crippen LogP contribution >= 0.6 is 22.3 Å². The summed E-state index contributed by atoms with van der Waals surface area (Å²) in [5.74, 6) is -0.481. The molecule has 0 aliphatic heterocycles. The maximum atomic E-state index is 12.6. The molecule has 0 radical (unpaired) electrons. The molecule has 0 saturated heterocycles. The van der Waals surface area contributed by atoms with E-state index in [2.05, 4.69) is 0 Å². The molecule has 1 saturated carbocycles. The van der Waals surface area contributed by atoms with Gasteiger partial charge in [-0.1, -0.05) is 17.7 Å². The minimum absolute atomic E-state index is 0.241. The van der Waals surface area contributed by atoms with E-state index in [1.165, 1.54) is 6.07 Å². The normalized spacial score (nSPS) is 24.1. The van der Waals surface area contributed by atoms with Crippen LogP contribution in [0, 0.1) is 0 Å². The topological polar surface area (TPSA) is 34.1 Å². The second kappa shape index (κ2) is 4.28. The van der Waals surface area contributed by atoms with Crippen LogP contribution in [0.3, 0.4) is 0 Å². The summed E-state index contributed by atoms with van der Waals surface area (Å²) in [6.45, 7) is 0. The van der Waals surface area contributed by atoms with Gasteiger partial charge in [-0.3, -0.25) is 0 Å². The first-order chi connectivity index (χ1) is 8.10. The molecule has 1 aromatic rings. The van der Waals surface area contributed by atoms with Gasteiger partial charge in [-0.15, -0.1) is 0 Å². The van der Waals surface area contributed by atoms with Gasteiger partial charge in [0.1, 0.15) is 0 Å². The van der Waals surface area contributed by atoms with Crippen molar-refractivity contribution in [2.75, 3.05) is 0 Å². The Morgan fingerprint density at radius 2 is 1.89 bits per heavy atom. The van der Waals surface area contributed by atoms with E-state index in [0.29, 0.717) is 5.56 Å². The zero-order valence-electron chi connectivity index (χ0n) is 8.71. The van der Waals surface area contributed by atoms with Crippen LogP contribution in [0.1, 0.15) is 23.5 Å². The van der Waals surface area contributed by atoms with Crippen molar-refractivity contribution in [2.45, 2.75) is 23.8 Å². The van der Waals surface area contributed by atoms with Crippen molar-refractivity contribution < 1.29 is 21.6 Å². The Bertz CT molecular complexity index is 583. The minimum Gasteiger partial charge on any atom is -0.212 e. The quantitative estimate of drug-likeness (QED) is 0.778. The molecule has 1 aliphatic carbocycles. The molecule has 2 rings (SSSR count). The van der Waals surface area contributed by atoms with Crippen LogP contribution in [0.25, 0.3) is 0 Å². The lowest BCUT2D eigenvalue weighted by molar-refractivity contribution is -0.137. The molecule has 0 amide bonds. The van der Waals surface area contributed by atoms with Crippen LogP contribution in [0.4, 0.5) is 13.2 Å². The molecule has 2 nitrogen and oxygen atoms in total. The van der Waals surface area contributed by atoms with E-state index in [0.717, 1.165) is 12.1 Å². The molecule has 1 aromatic carbocycles. The van der Waals surface area contributed by atoms with Gasteiger partial charge in [-0.25, -0.2) is 8.42 Å². The molecule has 1 fully saturated rings. The highest BCUT2D eigenvalue weighted by molar-refractivity contribution is 8.14. The molecule has 1 aliphatic rings. The van der Waals surface area contributed by atoms with Crippen molar-refractivity contribution in [1.29, 1.82) is 0 Å². The van der Waals surface area contributed by atoms with E-state index < -0.39 is 37.0 Å². The molecular weight excluding hydrogens is 312 g/mol. The van der Waals surface area contributed by atoms with Crippen molar-refractivity contribution in [1.82, 2.24) is 0 Å². The van der Waals surface area contributed by atoms with Crippen LogP contribution in [0.2, 0.25) is 5.02 Å². The van der Waals surface area contributed by atoms with Gasteiger partial charge in [-0.2, -0.15) is 13.2 Å². The predicted molar refractivity (Wildman–Crippen MR) is 62.4 cm³/mol. The Hall–Kier alpha value is -0.460. The summed E-state index contributed by atoms with van der Waals surface area (Å²) in [7, 11) is 1.43. The number of rotatable bonds is 2. The SMILES string of the molecule is O=S(=O)(Cl)C1CC1c1ccc(Cl)c(C(F)(F)F)c1. The van der Waals surface area contributed by atoms with E-state index in [9.17, 15) is 21.6 Å². The van der Waals surface area contributed by atoms with Crippen LogP contribution in [-0.4, -0.2) is 13.7 Å². The molecule has 0 bridgehead atoms. The second-order valence-corrected chi connectivity index (χ2v) is 7.35. The summed E-state index contributed by atoms with van der Waals surface area (Å²) in [6, 6.07) is 3.40. The van der Waals surface area contributed by atoms with Gasteiger partial charge in [0.25, 0.3) is 0 Å². The van der Waals surface area contributed by atoms with Crippen LogP contribution in [0.5, 0.6) is 0 Å². The summed E-state index contributed by atoms with van der Waals surface area (Å²) in [5, 5.41) is -1.21. The van der Waals surface area contributed by atoms with Gasteiger partial charge < -0.3 is 0 Å². The lowest BCUT2D eigenvalue weighted by atomic mass is 10.1. The van der Waals surface area contributed by atoms with E-state index in [4.69, 9.17) is 22.3 Å². The zero-order chi connectivity index (χ0) is 13.7. The van der Waals surface area contributed by atoms with Gasteiger partial charge in [0.15, 0.2) is 0 Å². The largest absolute Gasteiger partial charge is 0.417 e. The van der Waals surface area contributed by atoms with Crippen molar-refractivity contribution >= 4 is 31.3 Å². The van der Waals surface area contributed by atoms with Gasteiger partial charge in [0, 0.05) is 16.6 Å². The highest BCUT2D eigenvalue weighted by Gasteiger charge is 2.48. The van der Waals surface area contributed by atoms with Crippen molar-refractivity contribution in [3.8, 4) is 0 Å². The van der Waals surface area contributed by atoms with Crippen molar-refractivity contribution in [2.24, 2.45) is 0 Å². The number of halogens is 5. The molecule has 100 valence electrons. The first-order valence-electron chi connectivity index (χ1n) is 4.91. The Morgan fingerprint density at radius 3 is 2.33 bits per heavy atom.